The van der Waals surface area contributed by atoms with Gasteiger partial charge in [0.05, 0.1) is 30.1 Å². The Morgan fingerprint density at radius 1 is 1.12 bits per heavy atom. The van der Waals surface area contributed by atoms with E-state index >= 15 is 0 Å². The molecule has 1 amide bonds. The molecule has 2 aliphatic heterocycles. The Morgan fingerprint density at radius 3 is 2.64 bits per heavy atom. The highest BCUT2D eigenvalue weighted by Crippen LogP contribution is 2.45. The molecule has 1 unspecified atom stereocenters. The summed E-state index contributed by atoms with van der Waals surface area (Å²) in [6.45, 7) is 1.67. The second kappa shape index (κ2) is 8.33. The van der Waals surface area contributed by atoms with E-state index in [-0.39, 0.29) is 28.5 Å². The summed E-state index contributed by atoms with van der Waals surface area (Å²) in [7, 11) is 0. The van der Waals surface area contributed by atoms with E-state index in [4.69, 9.17) is 24.4 Å². The molecule has 3 heterocycles. The van der Waals surface area contributed by atoms with Gasteiger partial charge in [-0.05, 0) is 18.2 Å². The topological polar surface area (TPSA) is 128 Å². The van der Waals surface area contributed by atoms with E-state index in [2.05, 4.69) is 0 Å². The standard InChI is InChI=1S/C24H19N3O6/c25-13-16-19(14-5-1-3-7-17(14)32-24(29)27-9-11-30-12-10-27)20-21(33-22(16)26)15-6-2-4-8-18(15)31-23(20)28/h1-8,19H,9-12,26H2. The number of para-hydroxylation sites is 2. The lowest BCUT2D eigenvalue weighted by atomic mass is 9.83. The van der Waals surface area contributed by atoms with Gasteiger partial charge in [-0.15, -0.1) is 0 Å². The van der Waals surface area contributed by atoms with Crippen molar-refractivity contribution in [3.63, 3.8) is 0 Å². The molecule has 1 atom stereocenters. The molecule has 9 heteroatoms. The lowest BCUT2D eigenvalue weighted by molar-refractivity contribution is 0.0415. The van der Waals surface area contributed by atoms with Crippen molar-refractivity contribution in [3.05, 3.63) is 81.5 Å². The van der Waals surface area contributed by atoms with E-state index in [9.17, 15) is 14.9 Å². The smallest absolute Gasteiger partial charge is 0.415 e. The molecule has 1 fully saturated rings. The van der Waals surface area contributed by atoms with Gasteiger partial charge in [0.25, 0.3) is 0 Å². The minimum absolute atomic E-state index is 0.0277. The second-order valence-corrected chi connectivity index (χ2v) is 7.56. The molecule has 3 aromatic rings. The van der Waals surface area contributed by atoms with Crippen LogP contribution in [-0.4, -0.2) is 37.3 Å². The van der Waals surface area contributed by atoms with Crippen LogP contribution in [-0.2, 0) is 4.74 Å². The zero-order valence-electron chi connectivity index (χ0n) is 17.4. The van der Waals surface area contributed by atoms with Crippen LogP contribution in [0.1, 0.15) is 17.0 Å². The van der Waals surface area contributed by atoms with Crippen LogP contribution in [0, 0.1) is 11.3 Å². The quantitative estimate of drug-likeness (QED) is 0.597. The predicted octanol–water partition coefficient (Wildman–Crippen LogP) is 2.84. The van der Waals surface area contributed by atoms with Gasteiger partial charge >= 0.3 is 11.7 Å². The van der Waals surface area contributed by atoms with Gasteiger partial charge < -0.3 is 29.3 Å². The van der Waals surface area contributed by atoms with Crippen LogP contribution in [0.15, 0.2) is 69.2 Å². The molecule has 33 heavy (non-hydrogen) atoms. The number of rotatable bonds is 2. The minimum atomic E-state index is -0.937. The number of hydrogen-bond acceptors (Lipinski definition) is 8. The summed E-state index contributed by atoms with van der Waals surface area (Å²) in [6.07, 6.45) is -0.543. The average Bonchev–Trinajstić information content (AvgIpc) is 2.84. The van der Waals surface area contributed by atoms with Gasteiger partial charge in [-0.1, -0.05) is 30.3 Å². The molecule has 1 saturated heterocycles. The zero-order valence-corrected chi connectivity index (χ0v) is 17.4. The van der Waals surface area contributed by atoms with Crippen molar-refractivity contribution in [2.45, 2.75) is 5.92 Å². The number of fused-ring (bicyclic) bond motifs is 3. The lowest BCUT2D eigenvalue weighted by Gasteiger charge is -2.28. The first-order chi connectivity index (χ1) is 16.1. The first-order valence-corrected chi connectivity index (χ1v) is 10.3. The van der Waals surface area contributed by atoms with E-state index in [1.807, 2.05) is 6.07 Å². The maximum atomic E-state index is 13.1. The van der Waals surface area contributed by atoms with Gasteiger partial charge in [0, 0.05) is 18.7 Å². The average molecular weight is 445 g/mol. The van der Waals surface area contributed by atoms with Crippen molar-refractivity contribution in [2.24, 2.45) is 5.73 Å². The fourth-order valence-electron chi connectivity index (χ4n) is 4.09. The molecule has 5 rings (SSSR count). The van der Waals surface area contributed by atoms with Crippen LogP contribution in [0.25, 0.3) is 11.0 Å². The SMILES string of the molecule is N#CC1=C(N)Oc2c(c(=O)oc3ccccc23)C1c1ccccc1OC(=O)N1CCOCC1. The first-order valence-electron chi connectivity index (χ1n) is 10.3. The third kappa shape index (κ3) is 3.56. The van der Waals surface area contributed by atoms with Gasteiger partial charge in [-0.2, -0.15) is 5.26 Å². The fourth-order valence-corrected chi connectivity index (χ4v) is 4.09. The summed E-state index contributed by atoms with van der Waals surface area (Å²) in [5, 5.41) is 10.4. The summed E-state index contributed by atoms with van der Waals surface area (Å²) in [4.78, 5) is 27.3. The Kier molecular flexibility index (Phi) is 5.20. The molecule has 2 aliphatic rings. The van der Waals surface area contributed by atoms with E-state index in [0.29, 0.717) is 42.8 Å². The summed E-state index contributed by atoms with van der Waals surface area (Å²) in [6, 6.07) is 15.7. The Morgan fingerprint density at radius 2 is 1.85 bits per heavy atom. The Hall–Kier alpha value is -4.29. The molecule has 2 N–H and O–H groups in total. The fraction of sp³-hybridized carbons (Fsp3) is 0.208. The number of nitriles is 1. The Bertz CT molecular complexity index is 1380. The predicted molar refractivity (Wildman–Crippen MR) is 117 cm³/mol. The van der Waals surface area contributed by atoms with E-state index in [1.54, 1.807) is 48.5 Å². The molecule has 2 aromatic carbocycles. The number of ether oxygens (including phenoxy) is 3. The largest absolute Gasteiger partial charge is 0.439 e. The van der Waals surface area contributed by atoms with Gasteiger partial charge in [0.1, 0.15) is 23.0 Å². The van der Waals surface area contributed by atoms with Gasteiger partial charge in [0.15, 0.2) is 5.75 Å². The summed E-state index contributed by atoms with van der Waals surface area (Å²) < 4.78 is 22.2. The number of allylic oxidation sites excluding steroid dienone is 1. The third-order valence-electron chi connectivity index (χ3n) is 5.67. The van der Waals surface area contributed by atoms with E-state index in [0.717, 1.165) is 0 Å². The molecular formula is C24H19N3O6. The summed E-state index contributed by atoms with van der Waals surface area (Å²) >= 11 is 0. The van der Waals surface area contributed by atoms with Crippen molar-refractivity contribution in [1.82, 2.24) is 4.90 Å². The Labute approximate surface area is 188 Å². The van der Waals surface area contributed by atoms with Crippen molar-refractivity contribution in [2.75, 3.05) is 26.3 Å². The van der Waals surface area contributed by atoms with Crippen molar-refractivity contribution in [1.29, 1.82) is 5.26 Å². The first kappa shape index (κ1) is 20.6. The van der Waals surface area contributed by atoms with Gasteiger partial charge in [-0.3, -0.25) is 0 Å². The molecule has 1 aromatic heterocycles. The molecule has 0 spiro atoms. The number of nitrogens with zero attached hydrogens (tertiary/aromatic N) is 2. The number of morpholine rings is 1. The van der Waals surface area contributed by atoms with Crippen molar-refractivity contribution in [3.8, 4) is 17.6 Å². The third-order valence-corrected chi connectivity index (χ3v) is 5.67. The van der Waals surface area contributed by atoms with E-state index in [1.165, 1.54) is 4.90 Å². The molecule has 0 aliphatic carbocycles. The van der Waals surface area contributed by atoms with Crippen LogP contribution >= 0.6 is 0 Å². The number of nitrogens with two attached hydrogens (primary N) is 1. The monoisotopic (exact) mass is 445 g/mol. The molecule has 0 bridgehead atoms. The van der Waals surface area contributed by atoms with Gasteiger partial charge in [-0.25, -0.2) is 9.59 Å². The highest BCUT2D eigenvalue weighted by atomic mass is 16.6. The second-order valence-electron chi connectivity index (χ2n) is 7.56. The van der Waals surface area contributed by atoms with Crippen LogP contribution in [0.2, 0.25) is 0 Å². The maximum Gasteiger partial charge on any atom is 0.415 e. The number of benzene rings is 2. The van der Waals surface area contributed by atoms with E-state index < -0.39 is 17.6 Å². The number of carbonyl (C=O) groups excluding carboxylic acids is 1. The molecule has 166 valence electrons. The highest BCUT2D eigenvalue weighted by Gasteiger charge is 2.37. The van der Waals surface area contributed by atoms with Crippen LogP contribution in [0.3, 0.4) is 0 Å². The molecular weight excluding hydrogens is 426 g/mol. The molecule has 0 saturated carbocycles. The number of hydrogen-bond donors (Lipinski definition) is 1. The summed E-state index contributed by atoms with van der Waals surface area (Å²) in [5.41, 5.74) is 6.35. The lowest BCUT2D eigenvalue weighted by Crippen LogP contribution is -2.42. The molecule has 0 radical (unpaired) electrons. The van der Waals surface area contributed by atoms with Crippen LogP contribution in [0.4, 0.5) is 4.79 Å². The molecule has 9 nitrogen and oxygen atoms in total. The zero-order chi connectivity index (χ0) is 22.9. The number of amides is 1. The van der Waals surface area contributed by atoms with Crippen molar-refractivity contribution < 1.29 is 23.4 Å². The van der Waals surface area contributed by atoms with Crippen LogP contribution < -0.4 is 20.8 Å². The van der Waals surface area contributed by atoms with Crippen molar-refractivity contribution >= 4 is 17.1 Å². The van der Waals surface area contributed by atoms with Gasteiger partial charge in [0.2, 0.25) is 5.88 Å². The Balaban J connectivity index is 1.66. The normalized spacial score (nSPS) is 17.8. The number of carbonyl (C=O) groups is 1. The maximum absolute atomic E-state index is 13.1. The van der Waals surface area contributed by atoms with Crippen LogP contribution in [0.5, 0.6) is 11.5 Å². The summed E-state index contributed by atoms with van der Waals surface area (Å²) in [5.74, 6) is -0.633. The minimum Gasteiger partial charge on any atom is -0.439 e. The highest BCUT2D eigenvalue weighted by molar-refractivity contribution is 5.86.